The molecule has 0 aromatic heterocycles. The zero-order valence-corrected chi connectivity index (χ0v) is 11.0. The van der Waals surface area contributed by atoms with Crippen LogP contribution >= 0.6 is 0 Å². The van der Waals surface area contributed by atoms with E-state index in [1.165, 1.54) is 12.1 Å². The molecule has 1 saturated carbocycles. The lowest BCUT2D eigenvalue weighted by Crippen LogP contribution is -2.25. The van der Waals surface area contributed by atoms with E-state index in [1.807, 2.05) is 6.92 Å². The fourth-order valence-electron chi connectivity index (χ4n) is 1.63. The van der Waals surface area contributed by atoms with Crippen molar-refractivity contribution in [1.82, 2.24) is 4.72 Å². The first-order valence-corrected chi connectivity index (χ1v) is 7.44. The number of rotatable bonds is 6. The fraction of sp³-hybridized carbons (Fsp3) is 0.500. The van der Waals surface area contributed by atoms with Gasteiger partial charge < -0.3 is 9.84 Å². The van der Waals surface area contributed by atoms with Gasteiger partial charge >= 0.3 is 0 Å². The van der Waals surface area contributed by atoms with Gasteiger partial charge in [0.15, 0.2) is 0 Å². The topological polar surface area (TPSA) is 75.6 Å². The van der Waals surface area contributed by atoms with Crippen molar-refractivity contribution in [3.63, 3.8) is 0 Å². The van der Waals surface area contributed by atoms with E-state index in [-0.39, 0.29) is 17.5 Å². The molecular formula is C12H17NO4S. The first kappa shape index (κ1) is 13.3. The summed E-state index contributed by atoms with van der Waals surface area (Å²) in [7, 11) is -3.48. The summed E-state index contributed by atoms with van der Waals surface area (Å²) in [4.78, 5) is 0.168. The van der Waals surface area contributed by atoms with E-state index in [1.54, 1.807) is 6.07 Å². The predicted molar refractivity (Wildman–Crippen MR) is 66.9 cm³/mol. The van der Waals surface area contributed by atoms with Crippen molar-refractivity contribution in [2.24, 2.45) is 0 Å². The second-order valence-electron chi connectivity index (χ2n) is 4.26. The monoisotopic (exact) mass is 271 g/mol. The molecule has 1 aliphatic carbocycles. The number of aliphatic hydroxyl groups is 1. The maximum atomic E-state index is 12.0. The van der Waals surface area contributed by atoms with Gasteiger partial charge in [0, 0.05) is 11.6 Å². The number of ether oxygens (including phenoxy) is 1. The quantitative estimate of drug-likeness (QED) is 0.810. The molecule has 0 unspecified atom stereocenters. The van der Waals surface area contributed by atoms with Gasteiger partial charge in [0.25, 0.3) is 0 Å². The molecule has 0 aliphatic heterocycles. The molecule has 0 radical (unpaired) electrons. The molecule has 1 fully saturated rings. The van der Waals surface area contributed by atoms with Gasteiger partial charge in [-0.2, -0.15) is 0 Å². The van der Waals surface area contributed by atoms with Crippen molar-refractivity contribution < 1.29 is 18.3 Å². The minimum atomic E-state index is -3.48. The van der Waals surface area contributed by atoms with E-state index in [9.17, 15) is 13.5 Å². The Morgan fingerprint density at radius 1 is 1.44 bits per heavy atom. The lowest BCUT2D eigenvalue weighted by atomic mass is 10.2. The van der Waals surface area contributed by atoms with Gasteiger partial charge in [-0.1, -0.05) is 0 Å². The highest BCUT2D eigenvalue weighted by Gasteiger charge is 2.28. The molecule has 1 aromatic rings. The van der Waals surface area contributed by atoms with Crippen LogP contribution in [0.25, 0.3) is 0 Å². The van der Waals surface area contributed by atoms with Crippen LogP contribution in [0.5, 0.6) is 5.75 Å². The smallest absolute Gasteiger partial charge is 0.240 e. The second-order valence-corrected chi connectivity index (χ2v) is 5.97. The Morgan fingerprint density at radius 3 is 2.72 bits per heavy atom. The largest absolute Gasteiger partial charge is 0.494 e. The Bertz CT molecular complexity index is 523. The molecule has 2 N–H and O–H groups in total. The summed E-state index contributed by atoms with van der Waals surface area (Å²) in [5.41, 5.74) is 0.482. The van der Waals surface area contributed by atoms with Gasteiger partial charge in [-0.05, 0) is 38.0 Å². The summed E-state index contributed by atoms with van der Waals surface area (Å²) in [6, 6.07) is 4.60. The minimum Gasteiger partial charge on any atom is -0.494 e. The number of aliphatic hydroxyl groups excluding tert-OH is 1. The van der Waals surface area contributed by atoms with Crippen molar-refractivity contribution in [3.05, 3.63) is 23.8 Å². The third kappa shape index (κ3) is 3.01. The fourth-order valence-corrected chi connectivity index (χ4v) is 2.99. The van der Waals surface area contributed by atoms with Crippen LogP contribution < -0.4 is 9.46 Å². The normalized spacial score (nSPS) is 15.7. The van der Waals surface area contributed by atoms with Crippen LogP contribution in [0, 0.1) is 0 Å². The number of hydrogen-bond donors (Lipinski definition) is 2. The van der Waals surface area contributed by atoms with Crippen LogP contribution in [-0.4, -0.2) is 26.2 Å². The SMILES string of the molecule is CCOc1ccc(S(=O)(=O)NC2CC2)cc1CO. The molecule has 0 heterocycles. The molecule has 2 rings (SSSR count). The number of sulfonamides is 1. The van der Waals surface area contributed by atoms with Crippen LogP contribution in [0.15, 0.2) is 23.1 Å². The Morgan fingerprint density at radius 2 is 2.17 bits per heavy atom. The Balaban J connectivity index is 2.28. The van der Waals surface area contributed by atoms with E-state index in [0.29, 0.717) is 17.9 Å². The highest BCUT2D eigenvalue weighted by atomic mass is 32.2. The van der Waals surface area contributed by atoms with Gasteiger partial charge in [-0.3, -0.25) is 0 Å². The van der Waals surface area contributed by atoms with Crippen LogP contribution in [0.1, 0.15) is 25.3 Å². The van der Waals surface area contributed by atoms with Crippen LogP contribution in [0.4, 0.5) is 0 Å². The van der Waals surface area contributed by atoms with Gasteiger partial charge in [-0.15, -0.1) is 0 Å². The maximum Gasteiger partial charge on any atom is 0.240 e. The first-order chi connectivity index (χ1) is 8.56. The average Bonchev–Trinajstić information content (AvgIpc) is 3.13. The van der Waals surface area contributed by atoms with Crippen molar-refractivity contribution in [2.45, 2.75) is 37.3 Å². The van der Waals surface area contributed by atoms with Crippen LogP contribution in [0.3, 0.4) is 0 Å². The molecule has 18 heavy (non-hydrogen) atoms. The predicted octanol–water partition coefficient (Wildman–Crippen LogP) is 1.02. The number of benzene rings is 1. The van der Waals surface area contributed by atoms with Crippen molar-refractivity contribution in [3.8, 4) is 5.75 Å². The van der Waals surface area contributed by atoms with E-state index >= 15 is 0 Å². The van der Waals surface area contributed by atoms with Crippen molar-refractivity contribution in [1.29, 1.82) is 0 Å². The highest BCUT2D eigenvalue weighted by molar-refractivity contribution is 7.89. The molecule has 1 aliphatic rings. The number of nitrogens with one attached hydrogen (secondary N) is 1. The second kappa shape index (κ2) is 5.26. The van der Waals surface area contributed by atoms with E-state index < -0.39 is 10.0 Å². The third-order valence-corrected chi connectivity index (χ3v) is 4.23. The van der Waals surface area contributed by atoms with E-state index in [4.69, 9.17) is 4.74 Å². The maximum absolute atomic E-state index is 12.0. The Kier molecular flexibility index (Phi) is 3.89. The first-order valence-electron chi connectivity index (χ1n) is 5.95. The molecule has 6 heteroatoms. The molecule has 0 bridgehead atoms. The van der Waals surface area contributed by atoms with Crippen molar-refractivity contribution >= 4 is 10.0 Å². The molecule has 100 valence electrons. The molecular weight excluding hydrogens is 254 g/mol. The average molecular weight is 271 g/mol. The van der Waals surface area contributed by atoms with Crippen molar-refractivity contribution in [2.75, 3.05) is 6.61 Å². The molecule has 1 aromatic carbocycles. The summed E-state index contributed by atoms with van der Waals surface area (Å²) in [5, 5.41) is 9.23. The molecule has 0 spiro atoms. The minimum absolute atomic E-state index is 0.0687. The summed E-state index contributed by atoms with van der Waals surface area (Å²) < 4.78 is 31.9. The van der Waals surface area contributed by atoms with E-state index in [0.717, 1.165) is 12.8 Å². The molecule has 0 amide bonds. The zero-order valence-electron chi connectivity index (χ0n) is 10.2. The highest BCUT2D eigenvalue weighted by Crippen LogP contribution is 2.25. The lowest BCUT2D eigenvalue weighted by Gasteiger charge is -2.11. The van der Waals surface area contributed by atoms with Gasteiger partial charge in [0.1, 0.15) is 5.75 Å². The van der Waals surface area contributed by atoms with Gasteiger partial charge in [0.05, 0.1) is 18.1 Å². The standard InChI is InChI=1S/C12H17NO4S/c1-2-17-12-6-5-11(7-9(12)8-14)18(15,16)13-10-3-4-10/h5-7,10,13-14H,2-4,8H2,1H3. The Labute approximate surface area is 107 Å². The Hall–Kier alpha value is -1.11. The lowest BCUT2D eigenvalue weighted by molar-refractivity contribution is 0.266. The zero-order chi connectivity index (χ0) is 13.2. The third-order valence-electron chi connectivity index (χ3n) is 2.71. The summed E-state index contributed by atoms with van der Waals surface area (Å²) in [6.45, 7) is 2.06. The van der Waals surface area contributed by atoms with Crippen LogP contribution in [-0.2, 0) is 16.6 Å². The summed E-state index contributed by atoms with van der Waals surface area (Å²) >= 11 is 0. The van der Waals surface area contributed by atoms with Gasteiger partial charge in [0.2, 0.25) is 10.0 Å². The molecule has 0 atom stereocenters. The number of hydrogen-bond acceptors (Lipinski definition) is 4. The summed E-state index contributed by atoms with van der Waals surface area (Å²) in [5.74, 6) is 0.519. The van der Waals surface area contributed by atoms with Crippen LogP contribution in [0.2, 0.25) is 0 Å². The molecule has 5 nitrogen and oxygen atoms in total. The van der Waals surface area contributed by atoms with E-state index in [2.05, 4.69) is 4.72 Å². The summed E-state index contributed by atoms with van der Waals surface area (Å²) in [6.07, 6.45) is 1.78. The molecule has 0 saturated heterocycles. The van der Waals surface area contributed by atoms with Gasteiger partial charge in [-0.25, -0.2) is 13.1 Å².